The Balaban J connectivity index is 2.28. The van der Waals surface area contributed by atoms with Gasteiger partial charge in [0.2, 0.25) is 0 Å². The highest BCUT2D eigenvalue weighted by molar-refractivity contribution is 9.10. The van der Waals surface area contributed by atoms with Crippen molar-refractivity contribution < 1.29 is 0 Å². The minimum atomic E-state index is 0.736. The van der Waals surface area contributed by atoms with Crippen LogP contribution in [0.5, 0.6) is 0 Å². The van der Waals surface area contributed by atoms with Crippen LogP contribution < -0.4 is 5.32 Å². The normalized spacial score (nSPS) is 11.2. The lowest BCUT2D eigenvalue weighted by Crippen LogP contribution is -2.09. The lowest BCUT2D eigenvalue weighted by molar-refractivity contribution is 0.572. The molecule has 1 N–H and O–H groups in total. The Morgan fingerprint density at radius 1 is 1.26 bits per heavy atom. The van der Waals surface area contributed by atoms with Crippen molar-refractivity contribution in [2.24, 2.45) is 0 Å². The number of aromatic nitrogens is 4. The van der Waals surface area contributed by atoms with Crippen LogP contribution in [0.4, 0.5) is 0 Å². The van der Waals surface area contributed by atoms with Gasteiger partial charge in [-0.25, -0.2) is 0 Å². The summed E-state index contributed by atoms with van der Waals surface area (Å²) in [5, 5.41) is 12.2. The molecule has 0 saturated heterocycles. The molecule has 2 heterocycles. The molecule has 2 rings (SSSR count). The number of halogens is 1. The molecule has 0 aliphatic rings. The van der Waals surface area contributed by atoms with Crippen molar-refractivity contribution in [1.29, 1.82) is 0 Å². The maximum absolute atomic E-state index is 4.57. The quantitative estimate of drug-likeness (QED) is 0.917. The predicted molar refractivity (Wildman–Crippen MR) is 79.2 cm³/mol. The van der Waals surface area contributed by atoms with Crippen molar-refractivity contribution >= 4 is 15.9 Å². The SMILES string of the molecule is CCn1nc(C)c(Br)c1Cn1cc(CNC)c(C)n1. The Kier molecular flexibility index (Phi) is 4.42. The summed E-state index contributed by atoms with van der Waals surface area (Å²) in [4.78, 5) is 0. The van der Waals surface area contributed by atoms with Gasteiger partial charge in [-0.2, -0.15) is 10.2 Å². The first-order chi connectivity index (χ1) is 9.06. The second-order valence-corrected chi connectivity index (χ2v) is 5.42. The molecule has 6 heteroatoms. The molecule has 0 aliphatic carbocycles. The zero-order chi connectivity index (χ0) is 14.0. The molecule has 0 atom stereocenters. The molecular formula is C13H20BrN5. The van der Waals surface area contributed by atoms with E-state index in [-0.39, 0.29) is 0 Å². The molecule has 0 unspecified atom stereocenters. The summed E-state index contributed by atoms with van der Waals surface area (Å²) in [6, 6.07) is 0. The summed E-state index contributed by atoms with van der Waals surface area (Å²) in [6.07, 6.45) is 2.10. The number of aryl methyl sites for hydroxylation is 3. The van der Waals surface area contributed by atoms with Crippen LogP contribution in [0.3, 0.4) is 0 Å². The Labute approximate surface area is 122 Å². The maximum Gasteiger partial charge on any atom is 0.0840 e. The second kappa shape index (κ2) is 5.88. The lowest BCUT2D eigenvalue weighted by atomic mass is 10.3. The molecule has 2 aromatic heterocycles. The van der Waals surface area contributed by atoms with E-state index in [1.807, 2.05) is 30.3 Å². The molecule has 19 heavy (non-hydrogen) atoms. The summed E-state index contributed by atoms with van der Waals surface area (Å²) in [7, 11) is 1.95. The Bertz CT molecular complexity index is 570. The van der Waals surface area contributed by atoms with Gasteiger partial charge < -0.3 is 5.32 Å². The summed E-state index contributed by atoms with van der Waals surface area (Å²) in [5.41, 5.74) is 4.50. The predicted octanol–water partition coefficient (Wildman–Crippen LogP) is 2.25. The van der Waals surface area contributed by atoms with E-state index in [0.717, 1.165) is 35.5 Å². The van der Waals surface area contributed by atoms with Gasteiger partial charge in [0.05, 0.1) is 28.1 Å². The third-order valence-electron chi connectivity index (χ3n) is 3.18. The van der Waals surface area contributed by atoms with E-state index in [9.17, 15) is 0 Å². The average molecular weight is 326 g/mol. The molecule has 2 aromatic rings. The molecule has 0 amide bonds. The number of nitrogens with zero attached hydrogens (tertiary/aromatic N) is 4. The van der Waals surface area contributed by atoms with Gasteiger partial charge in [-0.05, 0) is 43.7 Å². The molecule has 0 bridgehead atoms. The van der Waals surface area contributed by atoms with Crippen LogP contribution in [0.25, 0.3) is 0 Å². The van der Waals surface area contributed by atoms with Crippen LogP contribution in [-0.2, 0) is 19.6 Å². The van der Waals surface area contributed by atoms with Crippen molar-refractivity contribution in [2.45, 2.75) is 40.4 Å². The van der Waals surface area contributed by atoms with Crippen LogP contribution in [0.1, 0.15) is 29.6 Å². The van der Waals surface area contributed by atoms with E-state index in [0.29, 0.717) is 0 Å². The maximum atomic E-state index is 4.57. The molecule has 0 spiro atoms. The van der Waals surface area contributed by atoms with Gasteiger partial charge in [-0.1, -0.05) is 0 Å². The van der Waals surface area contributed by atoms with E-state index in [2.05, 4.69) is 44.6 Å². The molecule has 5 nitrogen and oxygen atoms in total. The molecular weight excluding hydrogens is 306 g/mol. The third-order valence-corrected chi connectivity index (χ3v) is 4.21. The molecule has 104 valence electrons. The lowest BCUT2D eigenvalue weighted by Gasteiger charge is -2.05. The molecule has 0 saturated carbocycles. The fourth-order valence-electron chi connectivity index (χ4n) is 2.18. The zero-order valence-electron chi connectivity index (χ0n) is 11.9. The van der Waals surface area contributed by atoms with Gasteiger partial charge >= 0.3 is 0 Å². The number of hydrogen-bond donors (Lipinski definition) is 1. The first-order valence-electron chi connectivity index (χ1n) is 6.46. The van der Waals surface area contributed by atoms with E-state index in [4.69, 9.17) is 0 Å². The monoisotopic (exact) mass is 325 g/mol. The van der Waals surface area contributed by atoms with Crippen LogP contribution >= 0.6 is 15.9 Å². The van der Waals surface area contributed by atoms with Crippen LogP contribution in [0, 0.1) is 13.8 Å². The van der Waals surface area contributed by atoms with E-state index in [1.54, 1.807) is 0 Å². The molecule has 0 radical (unpaired) electrons. The minimum Gasteiger partial charge on any atom is -0.316 e. The van der Waals surface area contributed by atoms with E-state index >= 15 is 0 Å². The smallest absolute Gasteiger partial charge is 0.0840 e. The van der Waals surface area contributed by atoms with Crippen molar-refractivity contribution in [1.82, 2.24) is 24.9 Å². The van der Waals surface area contributed by atoms with Gasteiger partial charge in [0.25, 0.3) is 0 Å². The number of hydrogen-bond acceptors (Lipinski definition) is 3. The van der Waals surface area contributed by atoms with E-state index < -0.39 is 0 Å². The van der Waals surface area contributed by atoms with Gasteiger partial charge in [-0.15, -0.1) is 0 Å². The van der Waals surface area contributed by atoms with Crippen LogP contribution in [0.15, 0.2) is 10.7 Å². The fourth-order valence-corrected chi connectivity index (χ4v) is 2.59. The number of rotatable bonds is 5. The zero-order valence-corrected chi connectivity index (χ0v) is 13.5. The van der Waals surface area contributed by atoms with Gasteiger partial charge in [-0.3, -0.25) is 9.36 Å². The Hall–Kier alpha value is -1.14. The number of nitrogens with one attached hydrogen (secondary N) is 1. The second-order valence-electron chi connectivity index (χ2n) is 4.63. The highest BCUT2D eigenvalue weighted by Gasteiger charge is 2.13. The van der Waals surface area contributed by atoms with Crippen LogP contribution in [-0.4, -0.2) is 26.6 Å². The van der Waals surface area contributed by atoms with Crippen molar-refractivity contribution in [2.75, 3.05) is 7.05 Å². The van der Waals surface area contributed by atoms with E-state index in [1.165, 1.54) is 11.3 Å². The summed E-state index contributed by atoms with van der Waals surface area (Å²) in [5.74, 6) is 0. The third kappa shape index (κ3) is 2.90. The molecule has 0 aromatic carbocycles. The van der Waals surface area contributed by atoms with Gasteiger partial charge in [0.1, 0.15) is 0 Å². The first-order valence-corrected chi connectivity index (χ1v) is 7.25. The van der Waals surface area contributed by atoms with Crippen LogP contribution in [0.2, 0.25) is 0 Å². The summed E-state index contributed by atoms with van der Waals surface area (Å²) >= 11 is 3.62. The van der Waals surface area contributed by atoms with Crippen molar-refractivity contribution in [3.05, 3.63) is 33.3 Å². The summed E-state index contributed by atoms with van der Waals surface area (Å²) < 4.78 is 5.08. The fraction of sp³-hybridized carbons (Fsp3) is 0.538. The highest BCUT2D eigenvalue weighted by Crippen LogP contribution is 2.22. The standard InChI is InChI=1S/C13H20BrN5/c1-5-19-12(13(14)10(3)17-19)8-18-7-11(6-15-4)9(2)16-18/h7,15H,5-6,8H2,1-4H3. The average Bonchev–Trinajstić information content (AvgIpc) is 2.85. The van der Waals surface area contributed by atoms with Gasteiger partial charge in [0.15, 0.2) is 0 Å². The van der Waals surface area contributed by atoms with Crippen molar-refractivity contribution in [3.63, 3.8) is 0 Å². The topological polar surface area (TPSA) is 47.7 Å². The molecule has 0 fully saturated rings. The minimum absolute atomic E-state index is 0.736. The molecule has 0 aliphatic heterocycles. The largest absolute Gasteiger partial charge is 0.316 e. The first kappa shape index (κ1) is 14.3. The highest BCUT2D eigenvalue weighted by atomic mass is 79.9. The van der Waals surface area contributed by atoms with Gasteiger partial charge in [0, 0.05) is 24.8 Å². The van der Waals surface area contributed by atoms with Crippen molar-refractivity contribution in [3.8, 4) is 0 Å². The Morgan fingerprint density at radius 2 is 2.00 bits per heavy atom. The summed E-state index contributed by atoms with van der Waals surface area (Å²) in [6.45, 7) is 8.61. The Morgan fingerprint density at radius 3 is 2.63 bits per heavy atom.